The molecule has 148 valence electrons. The molecule has 2 atom stereocenters. The zero-order valence-corrected chi connectivity index (χ0v) is 17.9. The number of hydrogen-bond donors (Lipinski definition) is 0. The molecular formula is C23H30N4O. The highest BCUT2D eigenvalue weighted by molar-refractivity contribution is 6.07. The minimum atomic E-state index is -0.468. The van der Waals surface area contributed by atoms with Gasteiger partial charge in [-0.05, 0) is 44.4 Å². The number of aryl methyl sites for hydroxylation is 1. The molecule has 5 nitrogen and oxygen atoms in total. The Morgan fingerprint density at radius 1 is 1.14 bits per heavy atom. The maximum atomic E-state index is 12.6. The minimum Gasteiger partial charge on any atom is -0.378 e. The van der Waals surface area contributed by atoms with Gasteiger partial charge in [0.1, 0.15) is 0 Å². The number of amides is 1. The van der Waals surface area contributed by atoms with Crippen LogP contribution in [0.5, 0.6) is 0 Å². The number of nitrogens with zero attached hydrogens (tertiary/aromatic N) is 4. The van der Waals surface area contributed by atoms with Crippen LogP contribution in [0.4, 0.5) is 5.69 Å². The van der Waals surface area contributed by atoms with Crippen LogP contribution in [-0.2, 0) is 17.3 Å². The van der Waals surface area contributed by atoms with Crippen molar-refractivity contribution in [3.05, 3.63) is 47.3 Å². The Bertz CT molecular complexity index is 984. The number of aromatic nitrogens is 2. The molecule has 0 radical (unpaired) electrons. The first kappa shape index (κ1) is 18.8. The summed E-state index contributed by atoms with van der Waals surface area (Å²) in [5, 5.41) is 4.81. The van der Waals surface area contributed by atoms with Crippen molar-refractivity contribution in [2.24, 2.45) is 13.0 Å². The van der Waals surface area contributed by atoms with Crippen molar-refractivity contribution < 1.29 is 4.79 Å². The standard InChI is InChI=1S/C23H30N4O/c1-14-13-25(5)15(2)10-17(14)20-12-19(24-27(20)7)16-8-9-18-21(11-16)26(6)22(28)23(18,3)4/h8-12,14,17H,13H2,1-7H3. The first-order chi connectivity index (χ1) is 13.1. The zero-order valence-electron chi connectivity index (χ0n) is 17.9. The second-order valence-electron chi connectivity index (χ2n) is 8.99. The molecule has 1 aromatic carbocycles. The lowest BCUT2D eigenvalue weighted by atomic mass is 9.85. The van der Waals surface area contributed by atoms with E-state index in [1.807, 2.05) is 32.6 Å². The van der Waals surface area contributed by atoms with E-state index in [4.69, 9.17) is 5.10 Å². The molecule has 2 aliphatic rings. The summed E-state index contributed by atoms with van der Waals surface area (Å²) < 4.78 is 2.01. The monoisotopic (exact) mass is 378 g/mol. The molecule has 5 heteroatoms. The molecule has 2 aromatic rings. The molecule has 3 heterocycles. The lowest BCUT2D eigenvalue weighted by Crippen LogP contribution is -2.33. The molecule has 1 amide bonds. The van der Waals surface area contributed by atoms with Crippen molar-refractivity contribution in [2.75, 3.05) is 25.5 Å². The van der Waals surface area contributed by atoms with Gasteiger partial charge in [-0.25, -0.2) is 0 Å². The van der Waals surface area contributed by atoms with Gasteiger partial charge in [-0.1, -0.05) is 25.1 Å². The fourth-order valence-corrected chi connectivity index (χ4v) is 4.69. The van der Waals surface area contributed by atoms with Gasteiger partial charge >= 0.3 is 0 Å². The Hall–Kier alpha value is -2.56. The Kier molecular flexibility index (Phi) is 4.18. The van der Waals surface area contributed by atoms with E-state index in [2.05, 4.69) is 56.1 Å². The van der Waals surface area contributed by atoms with E-state index in [0.717, 1.165) is 29.1 Å². The Morgan fingerprint density at radius 2 is 1.86 bits per heavy atom. The summed E-state index contributed by atoms with van der Waals surface area (Å²) in [4.78, 5) is 16.7. The molecule has 2 aliphatic heterocycles. The largest absolute Gasteiger partial charge is 0.378 e. The van der Waals surface area contributed by atoms with Crippen LogP contribution in [0.2, 0.25) is 0 Å². The van der Waals surface area contributed by atoms with Crippen LogP contribution in [-0.4, -0.2) is 41.2 Å². The van der Waals surface area contributed by atoms with E-state index in [0.29, 0.717) is 11.8 Å². The minimum absolute atomic E-state index is 0.141. The van der Waals surface area contributed by atoms with Gasteiger partial charge in [-0.15, -0.1) is 0 Å². The number of hydrogen-bond acceptors (Lipinski definition) is 3. The Morgan fingerprint density at radius 3 is 2.57 bits per heavy atom. The van der Waals surface area contributed by atoms with E-state index in [1.54, 1.807) is 4.90 Å². The zero-order chi connectivity index (χ0) is 20.4. The van der Waals surface area contributed by atoms with Crippen LogP contribution in [0.1, 0.15) is 44.9 Å². The SMILES string of the molecule is CC1=CC(c2cc(-c3ccc4c(c3)N(C)C(=O)C4(C)C)nn2C)C(C)CN1C. The molecule has 0 N–H and O–H groups in total. The molecule has 2 unspecified atom stereocenters. The van der Waals surface area contributed by atoms with Crippen LogP contribution in [0, 0.1) is 5.92 Å². The van der Waals surface area contributed by atoms with Crippen LogP contribution in [0.15, 0.2) is 36.0 Å². The van der Waals surface area contributed by atoms with E-state index >= 15 is 0 Å². The number of fused-ring (bicyclic) bond motifs is 1. The first-order valence-corrected chi connectivity index (χ1v) is 9.98. The van der Waals surface area contributed by atoms with E-state index in [9.17, 15) is 4.79 Å². The summed E-state index contributed by atoms with van der Waals surface area (Å²) >= 11 is 0. The van der Waals surface area contributed by atoms with Gasteiger partial charge in [0.15, 0.2) is 0 Å². The summed E-state index contributed by atoms with van der Waals surface area (Å²) in [5.41, 5.74) is 6.17. The quantitative estimate of drug-likeness (QED) is 0.796. The summed E-state index contributed by atoms with van der Waals surface area (Å²) in [6.45, 7) is 9.51. The van der Waals surface area contributed by atoms with Gasteiger partial charge < -0.3 is 9.80 Å². The summed E-state index contributed by atoms with van der Waals surface area (Å²) in [6.07, 6.45) is 2.35. The van der Waals surface area contributed by atoms with Gasteiger partial charge in [0.05, 0.1) is 11.1 Å². The lowest BCUT2D eigenvalue weighted by molar-refractivity contribution is -0.121. The highest BCUT2D eigenvalue weighted by Gasteiger charge is 2.42. The van der Waals surface area contributed by atoms with Gasteiger partial charge in [-0.3, -0.25) is 9.48 Å². The molecule has 0 fully saturated rings. The Balaban J connectivity index is 1.74. The fourth-order valence-electron chi connectivity index (χ4n) is 4.69. The number of rotatable bonds is 2. The van der Waals surface area contributed by atoms with E-state index < -0.39 is 5.41 Å². The number of anilines is 1. The predicted molar refractivity (Wildman–Crippen MR) is 113 cm³/mol. The summed E-state index contributed by atoms with van der Waals surface area (Å²) in [7, 11) is 6.04. The van der Waals surface area contributed by atoms with Crippen LogP contribution >= 0.6 is 0 Å². The van der Waals surface area contributed by atoms with Gasteiger partial charge in [0.2, 0.25) is 5.91 Å². The van der Waals surface area contributed by atoms with Crippen molar-refractivity contribution in [1.82, 2.24) is 14.7 Å². The number of benzene rings is 1. The fraction of sp³-hybridized carbons (Fsp3) is 0.478. The van der Waals surface area contributed by atoms with E-state index in [-0.39, 0.29) is 5.91 Å². The molecular weight excluding hydrogens is 348 g/mol. The third-order valence-electron chi connectivity index (χ3n) is 6.62. The van der Waals surface area contributed by atoms with Gasteiger partial charge in [0.25, 0.3) is 0 Å². The van der Waals surface area contributed by atoms with Crippen molar-refractivity contribution in [2.45, 2.75) is 39.0 Å². The molecule has 0 bridgehead atoms. The second-order valence-corrected chi connectivity index (χ2v) is 8.99. The predicted octanol–water partition coefficient (Wildman–Crippen LogP) is 3.91. The molecule has 28 heavy (non-hydrogen) atoms. The molecule has 0 spiro atoms. The maximum Gasteiger partial charge on any atom is 0.236 e. The number of carbonyl (C=O) groups excluding carboxylic acids is 1. The first-order valence-electron chi connectivity index (χ1n) is 9.98. The van der Waals surface area contributed by atoms with Crippen molar-refractivity contribution >= 4 is 11.6 Å². The number of likely N-dealkylation sites (N-methyl/N-ethyl adjacent to an activating group) is 1. The number of allylic oxidation sites excluding steroid dienone is 2. The smallest absolute Gasteiger partial charge is 0.236 e. The van der Waals surface area contributed by atoms with Crippen LogP contribution in [0.3, 0.4) is 0 Å². The lowest BCUT2D eigenvalue weighted by Gasteiger charge is -2.34. The third-order valence-corrected chi connectivity index (χ3v) is 6.62. The van der Waals surface area contributed by atoms with Crippen molar-refractivity contribution in [3.63, 3.8) is 0 Å². The second kappa shape index (κ2) is 6.23. The molecule has 4 rings (SSSR count). The Labute approximate surface area is 167 Å². The van der Waals surface area contributed by atoms with Crippen molar-refractivity contribution in [3.8, 4) is 11.3 Å². The highest BCUT2D eigenvalue weighted by Crippen LogP contribution is 2.43. The average Bonchev–Trinajstić information content (AvgIpc) is 3.10. The third kappa shape index (κ3) is 2.67. The molecule has 0 saturated carbocycles. The molecule has 0 saturated heterocycles. The summed E-state index contributed by atoms with van der Waals surface area (Å²) in [6, 6.07) is 8.49. The maximum absolute atomic E-state index is 12.6. The molecule has 0 aliphatic carbocycles. The summed E-state index contributed by atoms with van der Waals surface area (Å²) in [5.74, 6) is 1.03. The normalized spacial score (nSPS) is 23.8. The molecule has 1 aromatic heterocycles. The topological polar surface area (TPSA) is 41.4 Å². The van der Waals surface area contributed by atoms with Crippen LogP contribution < -0.4 is 4.90 Å². The van der Waals surface area contributed by atoms with Crippen molar-refractivity contribution in [1.29, 1.82) is 0 Å². The van der Waals surface area contributed by atoms with Gasteiger partial charge in [-0.2, -0.15) is 5.10 Å². The average molecular weight is 379 g/mol. The van der Waals surface area contributed by atoms with Crippen LogP contribution in [0.25, 0.3) is 11.3 Å². The van der Waals surface area contributed by atoms with Gasteiger partial charge in [0, 0.05) is 56.2 Å². The van der Waals surface area contributed by atoms with E-state index in [1.165, 1.54) is 11.4 Å². The highest BCUT2D eigenvalue weighted by atomic mass is 16.2. The number of carbonyl (C=O) groups is 1.